The molecule has 0 aromatic heterocycles. The van der Waals surface area contributed by atoms with Crippen LogP contribution in [0.2, 0.25) is 0 Å². The van der Waals surface area contributed by atoms with Gasteiger partial charge in [-0.25, -0.2) is 13.6 Å². The normalized spacial score (nSPS) is 15.5. The molecular weight excluding hydrogens is 344 g/mol. The predicted octanol–water partition coefficient (Wildman–Crippen LogP) is 3.51. The minimum Gasteiger partial charge on any atom is -0.477 e. The van der Waals surface area contributed by atoms with Gasteiger partial charge in [-0.2, -0.15) is 43.9 Å². The maximum Gasteiger partial charge on any atom is 0.410 e. The van der Waals surface area contributed by atoms with Gasteiger partial charge in [0.2, 0.25) is 0 Å². The molecular formula is C7H2F12O2. The van der Waals surface area contributed by atoms with Crippen molar-refractivity contribution in [2.24, 2.45) is 0 Å². The van der Waals surface area contributed by atoms with E-state index in [4.69, 9.17) is 5.11 Å². The molecule has 0 aromatic carbocycles. The van der Waals surface area contributed by atoms with Gasteiger partial charge in [0.05, 0.1) is 0 Å². The minimum absolute atomic E-state index is 4.05. The summed E-state index contributed by atoms with van der Waals surface area (Å²) in [6.07, 6.45) is -5.62. The molecule has 0 atom stereocenters. The predicted molar refractivity (Wildman–Crippen MR) is 38.4 cm³/mol. The van der Waals surface area contributed by atoms with Gasteiger partial charge in [0, 0.05) is 0 Å². The Hall–Kier alpha value is -1.37. The highest BCUT2D eigenvalue weighted by atomic mass is 19.4. The van der Waals surface area contributed by atoms with Crippen molar-refractivity contribution in [2.75, 3.05) is 0 Å². The number of halogens is 12. The van der Waals surface area contributed by atoms with Crippen molar-refractivity contribution in [3.8, 4) is 0 Å². The average Bonchev–Trinajstić information content (AvgIpc) is 2.27. The number of alkyl halides is 12. The molecule has 2 nitrogen and oxygen atoms in total. The highest BCUT2D eigenvalue weighted by Gasteiger charge is 2.89. The van der Waals surface area contributed by atoms with Crippen LogP contribution in [-0.4, -0.2) is 47.1 Å². The zero-order chi connectivity index (χ0) is 17.7. The van der Waals surface area contributed by atoms with Crippen LogP contribution in [0.1, 0.15) is 0 Å². The molecule has 0 rings (SSSR count). The fourth-order valence-corrected chi connectivity index (χ4v) is 0.875. The Morgan fingerprint density at radius 3 is 1.29 bits per heavy atom. The molecule has 0 fully saturated rings. The molecule has 0 aliphatic heterocycles. The monoisotopic (exact) mass is 346 g/mol. The van der Waals surface area contributed by atoms with Crippen molar-refractivity contribution in [2.45, 2.75) is 36.0 Å². The van der Waals surface area contributed by atoms with Crippen molar-refractivity contribution in [1.29, 1.82) is 0 Å². The lowest BCUT2D eigenvalue weighted by atomic mass is 9.94. The molecule has 0 spiro atoms. The van der Waals surface area contributed by atoms with Crippen LogP contribution in [0.25, 0.3) is 0 Å². The van der Waals surface area contributed by atoms with E-state index in [1.807, 2.05) is 0 Å². The third-order valence-electron chi connectivity index (χ3n) is 2.14. The minimum atomic E-state index is -7.80. The third kappa shape index (κ3) is 2.37. The van der Waals surface area contributed by atoms with Crippen molar-refractivity contribution >= 4 is 5.97 Å². The van der Waals surface area contributed by atoms with E-state index in [0.29, 0.717) is 0 Å². The third-order valence-corrected chi connectivity index (χ3v) is 2.14. The van der Waals surface area contributed by atoms with Crippen molar-refractivity contribution in [3.63, 3.8) is 0 Å². The Labute approximate surface area is 106 Å². The molecule has 0 heterocycles. The van der Waals surface area contributed by atoms with E-state index in [2.05, 4.69) is 0 Å². The van der Waals surface area contributed by atoms with Gasteiger partial charge in [-0.05, 0) is 0 Å². The van der Waals surface area contributed by atoms with Crippen LogP contribution in [0.5, 0.6) is 0 Å². The fourth-order valence-electron chi connectivity index (χ4n) is 0.875. The average molecular weight is 346 g/mol. The molecule has 0 saturated carbocycles. The summed E-state index contributed by atoms with van der Waals surface area (Å²) >= 11 is 0. The van der Waals surface area contributed by atoms with Gasteiger partial charge in [-0.15, -0.1) is 0 Å². The molecule has 0 aliphatic carbocycles. The van der Waals surface area contributed by atoms with Crippen molar-refractivity contribution < 1.29 is 62.6 Å². The summed E-state index contributed by atoms with van der Waals surface area (Å²) < 4.78 is 148. The molecule has 0 amide bonds. The second-order valence-corrected chi connectivity index (χ2v) is 3.53. The SMILES string of the molecule is O=C(O)C(F)(F)C(F)(F)C(F)(F)C(F)(F)C(F)(F)C(F)F. The van der Waals surface area contributed by atoms with E-state index in [1.165, 1.54) is 0 Å². The summed E-state index contributed by atoms with van der Waals surface area (Å²) in [6, 6.07) is 0. The van der Waals surface area contributed by atoms with Crippen LogP contribution >= 0.6 is 0 Å². The Bertz CT molecular complexity index is 414. The Kier molecular flexibility index (Phi) is 4.51. The lowest BCUT2D eigenvalue weighted by molar-refractivity contribution is -0.408. The van der Waals surface area contributed by atoms with Gasteiger partial charge in [0.1, 0.15) is 0 Å². The maximum absolute atomic E-state index is 12.6. The van der Waals surface area contributed by atoms with Crippen molar-refractivity contribution in [3.05, 3.63) is 0 Å². The summed E-state index contributed by atoms with van der Waals surface area (Å²) in [5, 5.41) is 7.57. The first-order chi connectivity index (χ1) is 8.89. The van der Waals surface area contributed by atoms with Crippen LogP contribution in [0.15, 0.2) is 0 Å². The summed E-state index contributed by atoms with van der Waals surface area (Å²) in [7, 11) is 0. The number of carboxylic acids is 1. The van der Waals surface area contributed by atoms with Gasteiger partial charge in [-0.3, -0.25) is 0 Å². The molecule has 0 aliphatic rings. The molecule has 0 unspecified atom stereocenters. The van der Waals surface area contributed by atoms with E-state index in [9.17, 15) is 57.5 Å². The van der Waals surface area contributed by atoms with Gasteiger partial charge >= 0.3 is 42.0 Å². The first-order valence-corrected chi connectivity index (χ1v) is 4.29. The molecule has 0 radical (unpaired) electrons. The van der Waals surface area contributed by atoms with Gasteiger partial charge < -0.3 is 5.11 Å². The molecule has 126 valence electrons. The standard InChI is InChI=1S/C7H2F12O2/c8-1(9)3(10,11)5(14,15)7(18,19)6(16,17)4(12,13)2(20)21/h1H,(H,20,21). The van der Waals surface area contributed by atoms with E-state index in [0.717, 1.165) is 0 Å². The Morgan fingerprint density at radius 2 is 1.05 bits per heavy atom. The molecule has 0 bridgehead atoms. The van der Waals surface area contributed by atoms with Crippen molar-refractivity contribution in [1.82, 2.24) is 0 Å². The highest BCUT2D eigenvalue weighted by molar-refractivity contribution is 5.77. The van der Waals surface area contributed by atoms with E-state index in [-0.39, 0.29) is 0 Å². The van der Waals surface area contributed by atoms with Gasteiger partial charge in [0.25, 0.3) is 0 Å². The molecule has 21 heavy (non-hydrogen) atoms. The van der Waals surface area contributed by atoms with E-state index < -0.39 is 42.0 Å². The summed E-state index contributed by atoms with van der Waals surface area (Å²) in [4.78, 5) is 9.68. The largest absolute Gasteiger partial charge is 0.477 e. The smallest absolute Gasteiger partial charge is 0.410 e. The summed E-state index contributed by atoms with van der Waals surface area (Å²) in [6.45, 7) is 0. The number of hydrogen-bond acceptors (Lipinski definition) is 1. The number of rotatable bonds is 6. The quantitative estimate of drug-likeness (QED) is 0.748. The Balaban J connectivity index is 6.15. The zero-order valence-corrected chi connectivity index (χ0v) is 8.97. The first kappa shape index (κ1) is 19.6. The number of hydrogen-bond donors (Lipinski definition) is 1. The van der Waals surface area contributed by atoms with Crippen LogP contribution in [-0.2, 0) is 4.79 Å². The maximum atomic E-state index is 12.6. The number of carbonyl (C=O) groups is 1. The second-order valence-electron chi connectivity index (χ2n) is 3.53. The van der Waals surface area contributed by atoms with Crippen LogP contribution in [0, 0.1) is 0 Å². The molecule has 0 aromatic rings. The van der Waals surface area contributed by atoms with Gasteiger partial charge in [0.15, 0.2) is 0 Å². The summed E-state index contributed by atoms with van der Waals surface area (Å²) in [5.41, 5.74) is 0. The Morgan fingerprint density at radius 1 is 0.714 bits per heavy atom. The second kappa shape index (κ2) is 4.83. The van der Waals surface area contributed by atoms with E-state index in [1.54, 1.807) is 0 Å². The van der Waals surface area contributed by atoms with Crippen LogP contribution < -0.4 is 0 Å². The zero-order valence-electron chi connectivity index (χ0n) is 8.97. The topological polar surface area (TPSA) is 37.3 Å². The summed E-state index contributed by atoms with van der Waals surface area (Å²) in [5.74, 6) is -41.2. The first-order valence-electron chi connectivity index (χ1n) is 4.29. The lowest BCUT2D eigenvalue weighted by Crippen LogP contribution is -2.69. The van der Waals surface area contributed by atoms with Crippen LogP contribution in [0.3, 0.4) is 0 Å². The van der Waals surface area contributed by atoms with Crippen LogP contribution in [0.4, 0.5) is 52.7 Å². The van der Waals surface area contributed by atoms with Gasteiger partial charge in [-0.1, -0.05) is 0 Å². The molecule has 0 saturated heterocycles. The van der Waals surface area contributed by atoms with E-state index >= 15 is 0 Å². The highest BCUT2D eigenvalue weighted by Crippen LogP contribution is 2.58. The number of aliphatic carboxylic acids is 1. The molecule has 1 N–H and O–H groups in total. The molecule has 14 heteroatoms. The number of carboxylic acid groups (broad SMARTS) is 1. The lowest BCUT2D eigenvalue weighted by Gasteiger charge is -2.37. The fraction of sp³-hybridized carbons (Fsp3) is 0.857.